The van der Waals surface area contributed by atoms with Crippen molar-refractivity contribution in [1.82, 2.24) is 14.9 Å². The van der Waals surface area contributed by atoms with Gasteiger partial charge < -0.3 is 10.2 Å². The van der Waals surface area contributed by atoms with E-state index in [1.54, 1.807) is 25.0 Å². The van der Waals surface area contributed by atoms with Crippen LogP contribution in [0.15, 0.2) is 11.2 Å². The molecule has 96 valence electrons. The van der Waals surface area contributed by atoms with E-state index in [2.05, 4.69) is 34.0 Å². The fourth-order valence-corrected chi connectivity index (χ4v) is 2.52. The second-order valence-electron chi connectivity index (χ2n) is 3.47. The minimum Gasteiger partial charge on any atom is -0.357 e. The van der Waals surface area contributed by atoms with Gasteiger partial charge in [-0.05, 0) is 13.1 Å². The maximum Gasteiger partial charge on any atom is 0.223 e. The van der Waals surface area contributed by atoms with Crippen molar-refractivity contribution in [3.8, 4) is 0 Å². The highest BCUT2D eigenvalue weighted by molar-refractivity contribution is 7.99. The van der Waals surface area contributed by atoms with Gasteiger partial charge in [-0.3, -0.25) is 0 Å². The Morgan fingerprint density at radius 3 is 2.71 bits per heavy atom. The quantitative estimate of drug-likeness (QED) is 0.611. The topological polar surface area (TPSA) is 41.1 Å². The maximum absolute atomic E-state index is 6.05. The third kappa shape index (κ3) is 4.69. The molecule has 6 heteroatoms. The molecule has 0 saturated carbocycles. The summed E-state index contributed by atoms with van der Waals surface area (Å²) >= 11 is 7.72. The van der Waals surface area contributed by atoms with Gasteiger partial charge in [-0.2, -0.15) is 0 Å². The number of halogens is 1. The Morgan fingerprint density at radius 2 is 2.12 bits per heavy atom. The van der Waals surface area contributed by atoms with Crippen molar-refractivity contribution in [2.75, 3.05) is 37.8 Å². The molecule has 0 amide bonds. The van der Waals surface area contributed by atoms with Crippen molar-refractivity contribution in [1.29, 1.82) is 0 Å². The van der Waals surface area contributed by atoms with E-state index in [1.807, 2.05) is 0 Å². The Morgan fingerprint density at radius 1 is 1.41 bits per heavy atom. The number of nitrogens with zero attached hydrogens (tertiary/aromatic N) is 3. The van der Waals surface area contributed by atoms with E-state index in [0.29, 0.717) is 11.0 Å². The molecule has 1 aromatic rings. The minimum absolute atomic E-state index is 0.611. The fraction of sp³-hybridized carbons (Fsp3) is 0.636. The molecule has 0 radical (unpaired) electrons. The van der Waals surface area contributed by atoms with E-state index in [-0.39, 0.29) is 0 Å². The van der Waals surface area contributed by atoms with Crippen LogP contribution in [0, 0.1) is 0 Å². The molecule has 0 aromatic carbocycles. The van der Waals surface area contributed by atoms with E-state index in [9.17, 15) is 0 Å². The predicted molar refractivity (Wildman–Crippen MR) is 75.1 cm³/mol. The van der Waals surface area contributed by atoms with Gasteiger partial charge in [-0.15, -0.1) is 11.8 Å². The summed E-state index contributed by atoms with van der Waals surface area (Å²) in [6.07, 6.45) is 1.64. The summed E-state index contributed by atoms with van der Waals surface area (Å²) in [6.45, 7) is 7.55. The molecule has 1 rings (SSSR count). The molecule has 0 saturated heterocycles. The summed E-state index contributed by atoms with van der Waals surface area (Å²) in [7, 11) is 1.80. The van der Waals surface area contributed by atoms with Gasteiger partial charge in [0.2, 0.25) is 5.95 Å². The predicted octanol–water partition coefficient (Wildman–Crippen LogP) is 2.61. The minimum atomic E-state index is 0.611. The Labute approximate surface area is 112 Å². The Kier molecular flexibility index (Phi) is 6.62. The molecule has 0 spiro atoms. The summed E-state index contributed by atoms with van der Waals surface area (Å²) in [6, 6.07) is 0. The van der Waals surface area contributed by atoms with Crippen molar-refractivity contribution >= 4 is 29.3 Å². The zero-order chi connectivity index (χ0) is 12.7. The average Bonchev–Trinajstić information content (AvgIpc) is 2.36. The molecule has 1 N–H and O–H groups in total. The van der Waals surface area contributed by atoms with Crippen LogP contribution in [0.5, 0.6) is 0 Å². The van der Waals surface area contributed by atoms with Crippen molar-refractivity contribution in [2.24, 2.45) is 0 Å². The Bertz CT molecular complexity index is 344. The molecular formula is C11H19ClN4S. The SMILES string of the molecule is CCN(CC)CCSc1nc(NC)ncc1Cl. The molecule has 0 fully saturated rings. The lowest BCUT2D eigenvalue weighted by atomic mass is 10.5. The van der Waals surface area contributed by atoms with E-state index in [4.69, 9.17) is 11.6 Å². The van der Waals surface area contributed by atoms with Crippen molar-refractivity contribution in [3.63, 3.8) is 0 Å². The van der Waals surface area contributed by atoms with E-state index >= 15 is 0 Å². The highest BCUT2D eigenvalue weighted by Gasteiger charge is 2.06. The van der Waals surface area contributed by atoms with Gasteiger partial charge in [0.25, 0.3) is 0 Å². The number of hydrogen-bond donors (Lipinski definition) is 1. The molecule has 4 nitrogen and oxygen atoms in total. The van der Waals surface area contributed by atoms with Gasteiger partial charge >= 0.3 is 0 Å². The van der Waals surface area contributed by atoms with Crippen LogP contribution in [0.3, 0.4) is 0 Å². The van der Waals surface area contributed by atoms with E-state index < -0.39 is 0 Å². The molecule has 0 aliphatic heterocycles. The van der Waals surface area contributed by atoms with Gasteiger partial charge in [0.1, 0.15) is 5.03 Å². The van der Waals surface area contributed by atoms with Crippen molar-refractivity contribution < 1.29 is 0 Å². The summed E-state index contributed by atoms with van der Waals surface area (Å²) in [5.41, 5.74) is 0. The molecular weight excluding hydrogens is 256 g/mol. The standard InChI is InChI=1S/C11H19ClN4S/c1-4-16(5-2)6-7-17-10-9(12)8-14-11(13-3)15-10/h8H,4-7H2,1-3H3,(H,13,14,15). The molecule has 0 aliphatic carbocycles. The molecule has 0 unspecified atom stereocenters. The van der Waals surface area contributed by atoms with Gasteiger partial charge in [0.05, 0.1) is 11.2 Å². The zero-order valence-electron chi connectivity index (χ0n) is 10.5. The molecule has 0 atom stereocenters. The van der Waals surface area contributed by atoms with Crippen LogP contribution in [-0.2, 0) is 0 Å². The van der Waals surface area contributed by atoms with Crippen molar-refractivity contribution in [3.05, 3.63) is 11.2 Å². The van der Waals surface area contributed by atoms with Crippen LogP contribution in [-0.4, -0.2) is 47.3 Å². The number of thioether (sulfide) groups is 1. The molecule has 0 aliphatic rings. The number of aromatic nitrogens is 2. The smallest absolute Gasteiger partial charge is 0.223 e. The van der Waals surface area contributed by atoms with Gasteiger partial charge in [0, 0.05) is 19.3 Å². The lowest BCUT2D eigenvalue weighted by molar-refractivity contribution is 0.324. The Balaban J connectivity index is 2.50. The second-order valence-corrected chi connectivity index (χ2v) is 4.96. The normalized spacial score (nSPS) is 10.9. The van der Waals surface area contributed by atoms with Gasteiger partial charge in [0.15, 0.2) is 0 Å². The van der Waals surface area contributed by atoms with Crippen LogP contribution in [0.25, 0.3) is 0 Å². The monoisotopic (exact) mass is 274 g/mol. The number of rotatable bonds is 7. The summed E-state index contributed by atoms with van der Waals surface area (Å²) in [5.74, 6) is 1.60. The lowest BCUT2D eigenvalue weighted by Crippen LogP contribution is -2.25. The first-order valence-electron chi connectivity index (χ1n) is 5.76. The molecule has 17 heavy (non-hydrogen) atoms. The molecule has 0 bridgehead atoms. The van der Waals surface area contributed by atoms with Crippen LogP contribution >= 0.6 is 23.4 Å². The molecule has 1 aromatic heterocycles. The highest BCUT2D eigenvalue weighted by Crippen LogP contribution is 2.25. The number of hydrogen-bond acceptors (Lipinski definition) is 5. The van der Waals surface area contributed by atoms with Crippen LogP contribution in [0.4, 0.5) is 5.95 Å². The summed E-state index contributed by atoms with van der Waals surface area (Å²) in [4.78, 5) is 10.8. The average molecular weight is 275 g/mol. The fourth-order valence-electron chi connectivity index (χ4n) is 1.38. The lowest BCUT2D eigenvalue weighted by Gasteiger charge is -2.17. The Hall–Kier alpha value is -0.520. The van der Waals surface area contributed by atoms with E-state index in [1.165, 1.54) is 0 Å². The van der Waals surface area contributed by atoms with E-state index in [0.717, 1.165) is 30.4 Å². The highest BCUT2D eigenvalue weighted by atomic mass is 35.5. The molecule has 1 heterocycles. The first kappa shape index (κ1) is 14.5. The van der Waals surface area contributed by atoms with Gasteiger partial charge in [-0.1, -0.05) is 25.4 Å². The number of anilines is 1. The first-order valence-corrected chi connectivity index (χ1v) is 7.13. The van der Waals surface area contributed by atoms with Crippen LogP contribution in [0.2, 0.25) is 5.02 Å². The zero-order valence-corrected chi connectivity index (χ0v) is 12.1. The second kappa shape index (κ2) is 7.74. The van der Waals surface area contributed by atoms with Gasteiger partial charge in [-0.25, -0.2) is 9.97 Å². The third-order valence-electron chi connectivity index (χ3n) is 2.48. The third-order valence-corrected chi connectivity index (χ3v) is 3.84. The maximum atomic E-state index is 6.05. The largest absolute Gasteiger partial charge is 0.357 e. The number of nitrogens with one attached hydrogen (secondary N) is 1. The van der Waals surface area contributed by atoms with Crippen LogP contribution in [0.1, 0.15) is 13.8 Å². The van der Waals surface area contributed by atoms with Crippen molar-refractivity contribution in [2.45, 2.75) is 18.9 Å². The first-order chi connectivity index (χ1) is 8.21. The van der Waals surface area contributed by atoms with Crippen LogP contribution < -0.4 is 5.32 Å². The summed E-state index contributed by atoms with van der Waals surface area (Å²) < 4.78 is 0. The summed E-state index contributed by atoms with van der Waals surface area (Å²) in [5, 5.41) is 4.38.